The summed E-state index contributed by atoms with van der Waals surface area (Å²) >= 11 is 0. The van der Waals surface area contributed by atoms with Gasteiger partial charge in [0.25, 0.3) is 11.5 Å². The average molecular weight is 391 g/mol. The lowest BCUT2D eigenvalue weighted by Crippen LogP contribution is -2.31. The summed E-state index contributed by atoms with van der Waals surface area (Å²) in [4.78, 5) is 24.1. The number of aromatic nitrogens is 2. The van der Waals surface area contributed by atoms with E-state index in [-0.39, 0.29) is 18.1 Å². The van der Waals surface area contributed by atoms with Gasteiger partial charge in [0.2, 0.25) is 0 Å². The van der Waals surface area contributed by atoms with Gasteiger partial charge in [-0.2, -0.15) is 5.10 Å². The summed E-state index contributed by atoms with van der Waals surface area (Å²) in [6.45, 7) is 4.81. The van der Waals surface area contributed by atoms with Gasteiger partial charge in [0.1, 0.15) is 5.75 Å². The Labute approximate surface area is 170 Å². The Kier molecular flexibility index (Phi) is 6.79. The summed E-state index contributed by atoms with van der Waals surface area (Å²) in [5.41, 5.74) is 3.70. The summed E-state index contributed by atoms with van der Waals surface area (Å²) in [5.74, 6) is 0.526. The molecule has 1 N–H and O–H groups in total. The number of nitrogens with one attached hydrogen (secondary N) is 1. The van der Waals surface area contributed by atoms with Crippen LogP contribution in [-0.4, -0.2) is 28.8 Å². The molecule has 2 aromatic carbocycles. The Bertz CT molecular complexity index is 1030. The van der Waals surface area contributed by atoms with Crippen LogP contribution in [0.1, 0.15) is 17.5 Å². The summed E-state index contributed by atoms with van der Waals surface area (Å²) in [7, 11) is 0. The third-order valence-corrected chi connectivity index (χ3v) is 4.72. The van der Waals surface area contributed by atoms with Gasteiger partial charge in [0, 0.05) is 24.7 Å². The number of aryl methyl sites for hydroxylation is 2. The fourth-order valence-corrected chi connectivity index (χ4v) is 2.90. The number of rotatable bonds is 8. The van der Waals surface area contributed by atoms with Crippen LogP contribution >= 0.6 is 0 Å². The number of carbonyl (C=O) groups excluding carboxylic acids is 1. The summed E-state index contributed by atoms with van der Waals surface area (Å²) < 4.78 is 7.03. The van der Waals surface area contributed by atoms with Crippen molar-refractivity contribution in [1.82, 2.24) is 15.1 Å². The first-order valence-corrected chi connectivity index (χ1v) is 9.64. The highest BCUT2D eigenvalue weighted by atomic mass is 16.5. The van der Waals surface area contributed by atoms with E-state index >= 15 is 0 Å². The molecule has 0 bridgehead atoms. The van der Waals surface area contributed by atoms with Crippen molar-refractivity contribution in [3.63, 3.8) is 0 Å². The molecule has 1 amide bonds. The molecular formula is C23H25N3O3. The number of carbonyl (C=O) groups is 1. The summed E-state index contributed by atoms with van der Waals surface area (Å²) in [6.07, 6.45) is 0.598. The van der Waals surface area contributed by atoms with Crippen LogP contribution in [0, 0.1) is 13.8 Å². The molecule has 150 valence electrons. The van der Waals surface area contributed by atoms with Crippen molar-refractivity contribution in [3.8, 4) is 17.0 Å². The van der Waals surface area contributed by atoms with Gasteiger partial charge in [-0.3, -0.25) is 9.59 Å². The molecule has 1 heterocycles. The highest BCUT2D eigenvalue weighted by molar-refractivity contribution is 5.77. The van der Waals surface area contributed by atoms with Crippen molar-refractivity contribution in [2.75, 3.05) is 13.2 Å². The molecule has 29 heavy (non-hydrogen) atoms. The first kappa shape index (κ1) is 20.3. The van der Waals surface area contributed by atoms with Crippen molar-refractivity contribution in [2.45, 2.75) is 26.8 Å². The minimum Gasteiger partial charge on any atom is -0.483 e. The Balaban J connectivity index is 1.47. The molecule has 0 radical (unpaired) electrons. The quantitative estimate of drug-likeness (QED) is 0.599. The van der Waals surface area contributed by atoms with Gasteiger partial charge in [-0.1, -0.05) is 42.5 Å². The minimum absolute atomic E-state index is 0.0357. The molecule has 6 heteroatoms. The maximum absolute atomic E-state index is 12.0. The van der Waals surface area contributed by atoms with E-state index in [1.54, 1.807) is 6.07 Å². The molecule has 6 nitrogen and oxygen atoms in total. The van der Waals surface area contributed by atoms with Gasteiger partial charge < -0.3 is 10.1 Å². The van der Waals surface area contributed by atoms with Crippen LogP contribution in [0.5, 0.6) is 5.75 Å². The van der Waals surface area contributed by atoms with Crippen LogP contribution in [0.25, 0.3) is 11.3 Å². The molecule has 3 rings (SSSR count). The molecule has 0 spiro atoms. The Morgan fingerprint density at radius 3 is 2.62 bits per heavy atom. The van der Waals surface area contributed by atoms with E-state index in [4.69, 9.17) is 4.74 Å². The summed E-state index contributed by atoms with van der Waals surface area (Å²) in [6, 6.07) is 18.7. The SMILES string of the molecule is Cc1cccc(OCC(=O)NCCCn2nc(-c3ccccc3)ccc2=O)c1C. The van der Waals surface area contributed by atoms with Crippen LogP contribution in [0.15, 0.2) is 65.5 Å². The molecule has 0 aliphatic carbocycles. The van der Waals surface area contributed by atoms with Crippen molar-refractivity contribution < 1.29 is 9.53 Å². The first-order chi connectivity index (χ1) is 14.0. The smallest absolute Gasteiger partial charge is 0.266 e. The largest absolute Gasteiger partial charge is 0.483 e. The van der Waals surface area contributed by atoms with Gasteiger partial charge in [-0.15, -0.1) is 0 Å². The van der Waals surface area contributed by atoms with E-state index < -0.39 is 0 Å². The molecule has 0 unspecified atom stereocenters. The molecule has 0 saturated heterocycles. The van der Waals surface area contributed by atoms with Crippen LogP contribution in [-0.2, 0) is 11.3 Å². The predicted molar refractivity (Wildman–Crippen MR) is 113 cm³/mol. The van der Waals surface area contributed by atoms with Crippen LogP contribution < -0.4 is 15.6 Å². The van der Waals surface area contributed by atoms with Crippen LogP contribution in [0.3, 0.4) is 0 Å². The second-order valence-corrected chi connectivity index (χ2v) is 6.84. The Morgan fingerprint density at radius 2 is 1.83 bits per heavy atom. The second-order valence-electron chi connectivity index (χ2n) is 6.84. The lowest BCUT2D eigenvalue weighted by molar-refractivity contribution is -0.123. The average Bonchev–Trinajstić information content (AvgIpc) is 2.74. The van der Waals surface area contributed by atoms with E-state index in [0.717, 1.165) is 22.4 Å². The number of hydrogen-bond acceptors (Lipinski definition) is 4. The van der Waals surface area contributed by atoms with Gasteiger partial charge in [0.15, 0.2) is 6.61 Å². The minimum atomic E-state index is -0.191. The summed E-state index contributed by atoms with van der Waals surface area (Å²) in [5, 5.41) is 7.24. The normalized spacial score (nSPS) is 10.6. The van der Waals surface area contributed by atoms with E-state index in [9.17, 15) is 9.59 Å². The number of nitrogens with zero attached hydrogens (tertiary/aromatic N) is 2. The zero-order valence-corrected chi connectivity index (χ0v) is 16.7. The maximum atomic E-state index is 12.0. The number of benzene rings is 2. The van der Waals surface area contributed by atoms with Crippen LogP contribution in [0.4, 0.5) is 0 Å². The van der Waals surface area contributed by atoms with Crippen molar-refractivity contribution in [2.24, 2.45) is 0 Å². The molecule has 0 fully saturated rings. The zero-order valence-electron chi connectivity index (χ0n) is 16.7. The first-order valence-electron chi connectivity index (χ1n) is 9.64. The maximum Gasteiger partial charge on any atom is 0.266 e. The zero-order chi connectivity index (χ0) is 20.6. The van der Waals surface area contributed by atoms with E-state index in [2.05, 4.69) is 10.4 Å². The number of amides is 1. The lowest BCUT2D eigenvalue weighted by atomic mass is 10.1. The van der Waals surface area contributed by atoms with Crippen molar-refractivity contribution >= 4 is 5.91 Å². The van der Waals surface area contributed by atoms with Gasteiger partial charge in [-0.25, -0.2) is 4.68 Å². The lowest BCUT2D eigenvalue weighted by Gasteiger charge is -2.11. The second kappa shape index (κ2) is 9.68. The topological polar surface area (TPSA) is 73.2 Å². The van der Waals surface area contributed by atoms with E-state index in [1.807, 2.05) is 62.4 Å². The molecule has 0 saturated carbocycles. The molecule has 0 aliphatic rings. The van der Waals surface area contributed by atoms with E-state index in [1.165, 1.54) is 10.7 Å². The molecule has 0 aliphatic heterocycles. The standard InChI is InChI=1S/C23H25N3O3/c1-17-8-6-11-21(18(17)2)29-16-22(27)24-14-7-15-26-23(28)13-12-20(25-26)19-9-4-3-5-10-19/h3-6,8-13H,7,14-16H2,1-2H3,(H,24,27). The third-order valence-electron chi connectivity index (χ3n) is 4.72. The Hall–Kier alpha value is -3.41. The van der Waals surface area contributed by atoms with Crippen molar-refractivity contribution in [1.29, 1.82) is 0 Å². The van der Waals surface area contributed by atoms with Gasteiger partial charge in [0.05, 0.1) is 5.69 Å². The molecular weight excluding hydrogens is 366 g/mol. The monoisotopic (exact) mass is 391 g/mol. The van der Waals surface area contributed by atoms with Crippen LogP contribution in [0.2, 0.25) is 0 Å². The highest BCUT2D eigenvalue weighted by Crippen LogP contribution is 2.20. The van der Waals surface area contributed by atoms with E-state index in [0.29, 0.717) is 25.3 Å². The van der Waals surface area contributed by atoms with Crippen molar-refractivity contribution in [3.05, 3.63) is 82.1 Å². The fourth-order valence-electron chi connectivity index (χ4n) is 2.90. The van der Waals surface area contributed by atoms with Gasteiger partial charge >= 0.3 is 0 Å². The predicted octanol–water partition coefficient (Wildman–Crippen LogP) is 3.11. The molecule has 0 atom stereocenters. The number of ether oxygens (including phenoxy) is 1. The highest BCUT2D eigenvalue weighted by Gasteiger charge is 2.07. The fraction of sp³-hybridized carbons (Fsp3) is 0.261. The molecule has 3 aromatic rings. The Morgan fingerprint density at radius 1 is 1.03 bits per heavy atom. The van der Waals surface area contributed by atoms with Gasteiger partial charge in [-0.05, 0) is 43.5 Å². The number of hydrogen-bond donors (Lipinski definition) is 1. The molecule has 1 aromatic heterocycles. The third kappa shape index (κ3) is 5.54.